The third-order valence-electron chi connectivity index (χ3n) is 4.55. The summed E-state index contributed by atoms with van der Waals surface area (Å²) in [5, 5.41) is 7.22. The Morgan fingerprint density at radius 2 is 1.96 bits per heavy atom. The van der Waals surface area contributed by atoms with Gasteiger partial charge in [-0.05, 0) is 31.6 Å². The molecule has 5 nitrogen and oxygen atoms in total. The highest BCUT2D eigenvalue weighted by molar-refractivity contribution is 5.57. The number of halogens is 3. The van der Waals surface area contributed by atoms with E-state index in [4.69, 9.17) is 4.52 Å². The van der Waals surface area contributed by atoms with E-state index in [2.05, 4.69) is 22.2 Å². The molecule has 0 saturated heterocycles. The fourth-order valence-corrected chi connectivity index (χ4v) is 3.19. The molecule has 0 aliphatic heterocycles. The monoisotopic (exact) mass is 328 g/mol. The standard InChI is InChI=1S/C15H19F3N4O/c1-3-9-4-6-10(7-5-9)14-19-13(21-23-14)11-8-22(2)20-12(11)15(16,17)18/h8-10H,3-7H2,1-2H3. The van der Waals surface area contributed by atoms with Crippen LogP contribution in [0, 0.1) is 5.92 Å². The Hall–Kier alpha value is -1.86. The Kier molecular flexibility index (Phi) is 4.16. The molecule has 0 radical (unpaired) electrons. The molecule has 1 saturated carbocycles. The zero-order valence-electron chi connectivity index (χ0n) is 13.1. The van der Waals surface area contributed by atoms with Crippen molar-refractivity contribution in [1.29, 1.82) is 0 Å². The average molecular weight is 328 g/mol. The second-order valence-electron chi connectivity index (χ2n) is 6.14. The van der Waals surface area contributed by atoms with Gasteiger partial charge in [-0.1, -0.05) is 18.5 Å². The van der Waals surface area contributed by atoms with Crippen molar-refractivity contribution >= 4 is 0 Å². The maximum absolute atomic E-state index is 13.0. The molecule has 2 aromatic rings. The van der Waals surface area contributed by atoms with E-state index in [9.17, 15) is 13.2 Å². The molecule has 1 aliphatic rings. The fourth-order valence-electron chi connectivity index (χ4n) is 3.19. The lowest BCUT2D eigenvalue weighted by atomic mass is 9.81. The molecule has 0 bridgehead atoms. The first-order valence-electron chi connectivity index (χ1n) is 7.83. The van der Waals surface area contributed by atoms with Gasteiger partial charge in [-0.15, -0.1) is 0 Å². The van der Waals surface area contributed by atoms with Gasteiger partial charge in [0.05, 0.1) is 5.56 Å². The fraction of sp³-hybridized carbons (Fsp3) is 0.667. The number of aryl methyl sites for hydroxylation is 1. The maximum Gasteiger partial charge on any atom is 0.435 e. The van der Waals surface area contributed by atoms with Crippen molar-refractivity contribution in [1.82, 2.24) is 19.9 Å². The third kappa shape index (κ3) is 3.25. The summed E-state index contributed by atoms with van der Waals surface area (Å²) in [6, 6.07) is 0. The summed E-state index contributed by atoms with van der Waals surface area (Å²) in [5.74, 6) is 1.26. The van der Waals surface area contributed by atoms with Gasteiger partial charge < -0.3 is 4.52 Å². The normalized spacial score (nSPS) is 22.5. The summed E-state index contributed by atoms with van der Waals surface area (Å²) >= 11 is 0. The molecular formula is C15H19F3N4O. The van der Waals surface area contributed by atoms with Gasteiger partial charge in [0.2, 0.25) is 11.7 Å². The minimum absolute atomic E-state index is 0.0435. The molecule has 2 aromatic heterocycles. The van der Waals surface area contributed by atoms with Crippen LogP contribution in [0.5, 0.6) is 0 Å². The van der Waals surface area contributed by atoms with Gasteiger partial charge in [0.25, 0.3) is 0 Å². The van der Waals surface area contributed by atoms with Crippen LogP contribution in [0.1, 0.15) is 56.5 Å². The number of hydrogen-bond acceptors (Lipinski definition) is 4. The second-order valence-corrected chi connectivity index (χ2v) is 6.14. The van der Waals surface area contributed by atoms with Crippen molar-refractivity contribution in [3.05, 3.63) is 17.8 Å². The van der Waals surface area contributed by atoms with Crippen LogP contribution >= 0.6 is 0 Å². The minimum Gasteiger partial charge on any atom is -0.339 e. The number of alkyl halides is 3. The quantitative estimate of drug-likeness (QED) is 0.848. The summed E-state index contributed by atoms with van der Waals surface area (Å²) in [7, 11) is 1.44. The first-order valence-corrected chi connectivity index (χ1v) is 7.83. The molecule has 0 spiro atoms. The van der Waals surface area contributed by atoms with Gasteiger partial charge in [-0.2, -0.15) is 23.3 Å². The van der Waals surface area contributed by atoms with Gasteiger partial charge in [-0.3, -0.25) is 4.68 Å². The SMILES string of the molecule is CCC1CCC(c2nc(-c3cn(C)nc3C(F)(F)F)no2)CC1. The molecule has 0 aromatic carbocycles. The highest BCUT2D eigenvalue weighted by atomic mass is 19.4. The molecule has 126 valence electrons. The van der Waals surface area contributed by atoms with Crippen molar-refractivity contribution < 1.29 is 17.7 Å². The Morgan fingerprint density at radius 3 is 2.57 bits per heavy atom. The van der Waals surface area contributed by atoms with Crippen LogP contribution in [0.25, 0.3) is 11.4 Å². The van der Waals surface area contributed by atoms with Crippen molar-refractivity contribution in [2.24, 2.45) is 13.0 Å². The summed E-state index contributed by atoms with van der Waals surface area (Å²) in [6.07, 6.45) is 1.96. The van der Waals surface area contributed by atoms with E-state index >= 15 is 0 Å². The number of rotatable bonds is 3. The van der Waals surface area contributed by atoms with Gasteiger partial charge in [-0.25, -0.2) is 0 Å². The summed E-state index contributed by atoms with van der Waals surface area (Å²) in [5.41, 5.74) is -1.13. The molecule has 0 unspecified atom stereocenters. The van der Waals surface area contributed by atoms with E-state index in [-0.39, 0.29) is 17.3 Å². The van der Waals surface area contributed by atoms with Crippen LogP contribution in [-0.4, -0.2) is 19.9 Å². The third-order valence-corrected chi connectivity index (χ3v) is 4.55. The highest BCUT2D eigenvalue weighted by Crippen LogP contribution is 2.38. The van der Waals surface area contributed by atoms with E-state index in [0.29, 0.717) is 5.89 Å². The maximum atomic E-state index is 13.0. The first-order chi connectivity index (χ1) is 10.9. The van der Waals surface area contributed by atoms with Crippen molar-refractivity contribution in [3.8, 4) is 11.4 Å². The van der Waals surface area contributed by atoms with Gasteiger partial charge in [0.1, 0.15) is 0 Å². The van der Waals surface area contributed by atoms with Crippen LogP contribution in [0.3, 0.4) is 0 Å². The number of nitrogens with zero attached hydrogens (tertiary/aromatic N) is 4. The lowest BCUT2D eigenvalue weighted by Gasteiger charge is -2.25. The van der Waals surface area contributed by atoms with Crippen LogP contribution in [0.2, 0.25) is 0 Å². The lowest BCUT2D eigenvalue weighted by Crippen LogP contribution is -2.12. The molecule has 1 aliphatic carbocycles. The van der Waals surface area contributed by atoms with Crippen molar-refractivity contribution in [2.75, 3.05) is 0 Å². The predicted octanol–water partition coefficient (Wildman–Crippen LogP) is 4.17. The molecule has 1 fully saturated rings. The Bertz CT molecular complexity index is 669. The summed E-state index contributed by atoms with van der Waals surface area (Å²) in [6.45, 7) is 2.18. The topological polar surface area (TPSA) is 56.7 Å². The highest BCUT2D eigenvalue weighted by Gasteiger charge is 2.39. The molecule has 0 amide bonds. The van der Waals surface area contributed by atoms with Crippen LogP contribution in [-0.2, 0) is 13.2 Å². The lowest BCUT2D eigenvalue weighted by molar-refractivity contribution is -0.141. The smallest absolute Gasteiger partial charge is 0.339 e. The average Bonchev–Trinajstić information content (AvgIpc) is 3.13. The number of aromatic nitrogens is 4. The molecular weight excluding hydrogens is 309 g/mol. The Balaban J connectivity index is 1.83. The van der Waals surface area contributed by atoms with Gasteiger partial charge in [0.15, 0.2) is 5.69 Å². The molecule has 0 atom stereocenters. The first kappa shape index (κ1) is 16.0. The van der Waals surface area contributed by atoms with E-state index < -0.39 is 11.9 Å². The molecule has 8 heteroatoms. The Labute approximate surface area is 131 Å². The zero-order chi connectivity index (χ0) is 16.6. The predicted molar refractivity (Wildman–Crippen MR) is 76.5 cm³/mol. The largest absolute Gasteiger partial charge is 0.435 e. The zero-order valence-corrected chi connectivity index (χ0v) is 13.1. The van der Waals surface area contributed by atoms with Gasteiger partial charge >= 0.3 is 6.18 Å². The second kappa shape index (κ2) is 5.98. The van der Waals surface area contributed by atoms with Crippen molar-refractivity contribution in [3.63, 3.8) is 0 Å². The van der Waals surface area contributed by atoms with E-state index in [1.807, 2.05) is 0 Å². The number of hydrogen-bond donors (Lipinski definition) is 0. The molecule has 0 N–H and O–H groups in total. The van der Waals surface area contributed by atoms with E-state index in [1.165, 1.54) is 13.2 Å². The summed E-state index contributed by atoms with van der Waals surface area (Å²) in [4.78, 5) is 4.21. The van der Waals surface area contributed by atoms with Gasteiger partial charge in [0, 0.05) is 19.2 Å². The van der Waals surface area contributed by atoms with Crippen LogP contribution < -0.4 is 0 Å². The Morgan fingerprint density at radius 1 is 1.26 bits per heavy atom. The molecule has 2 heterocycles. The van der Waals surface area contributed by atoms with E-state index in [1.54, 1.807) is 0 Å². The molecule has 3 rings (SSSR count). The minimum atomic E-state index is -4.55. The van der Waals surface area contributed by atoms with Crippen molar-refractivity contribution in [2.45, 2.75) is 51.1 Å². The van der Waals surface area contributed by atoms with E-state index in [0.717, 1.165) is 42.7 Å². The van der Waals surface area contributed by atoms with Crippen LogP contribution in [0.4, 0.5) is 13.2 Å². The summed E-state index contributed by atoms with van der Waals surface area (Å²) < 4.78 is 45.4. The van der Waals surface area contributed by atoms with Crippen LogP contribution in [0.15, 0.2) is 10.7 Å². The molecule has 23 heavy (non-hydrogen) atoms.